The topological polar surface area (TPSA) is 38.3 Å². The number of rotatable bonds is 3. The monoisotopic (exact) mass is 237 g/mol. The van der Waals surface area contributed by atoms with Crippen molar-refractivity contribution in [3.8, 4) is 5.75 Å². The Morgan fingerprint density at radius 3 is 2.94 bits per heavy atom. The molecule has 0 saturated carbocycles. The molecule has 0 radical (unpaired) electrons. The molecule has 1 N–H and O–H groups in total. The third-order valence-corrected chi connectivity index (χ3v) is 3.10. The number of nitrogens with one attached hydrogen (secondary N) is 1. The maximum absolute atomic E-state index is 13.5. The first-order valence-corrected chi connectivity index (χ1v) is 5.81. The number of hydrogen-bond donors (Lipinski definition) is 1. The van der Waals surface area contributed by atoms with Gasteiger partial charge in [-0.25, -0.2) is 4.39 Å². The summed E-state index contributed by atoms with van der Waals surface area (Å²) in [6.07, 6.45) is 1.87. The summed E-state index contributed by atoms with van der Waals surface area (Å²) in [5, 5.41) is 3.18. The van der Waals surface area contributed by atoms with Crippen molar-refractivity contribution >= 4 is 5.78 Å². The molecule has 3 nitrogen and oxygen atoms in total. The van der Waals surface area contributed by atoms with Gasteiger partial charge in [0.15, 0.2) is 17.3 Å². The summed E-state index contributed by atoms with van der Waals surface area (Å²) >= 11 is 0. The predicted molar refractivity (Wildman–Crippen MR) is 62.9 cm³/mol. The van der Waals surface area contributed by atoms with Crippen molar-refractivity contribution in [1.29, 1.82) is 0 Å². The number of hydrogen-bond acceptors (Lipinski definition) is 3. The van der Waals surface area contributed by atoms with Crippen LogP contribution in [0.4, 0.5) is 4.39 Å². The van der Waals surface area contributed by atoms with E-state index < -0.39 is 5.82 Å². The Kier molecular flexibility index (Phi) is 3.74. The van der Waals surface area contributed by atoms with Gasteiger partial charge in [0.05, 0.1) is 7.11 Å². The van der Waals surface area contributed by atoms with E-state index in [1.807, 2.05) is 0 Å². The molecular weight excluding hydrogens is 221 g/mol. The molecule has 1 heterocycles. The number of carbonyl (C=O) groups is 1. The van der Waals surface area contributed by atoms with Gasteiger partial charge in [-0.1, -0.05) is 0 Å². The van der Waals surface area contributed by atoms with Crippen LogP contribution in [0.15, 0.2) is 18.2 Å². The second kappa shape index (κ2) is 5.27. The van der Waals surface area contributed by atoms with Gasteiger partial charge in [-0.3, -0.25) is 4.79 Å². The third-order valence-electron chi connectivity index (χ3n) is 3.10. The molecule has 2 rings (SSSR count). The summed E-state index contributed by atoms with van der Waals surface area (Å²) in [6.45, 7) is 1.65. The molecule has 1 aliphatic rings. The molecule has 4 heteroatoms. The summed E-state index contributed by atoms with van der Waals surface area (Å²) in [7, 11) is 1.41. The average Bonchev–Trinajstić information content (AvgIpc) is 2.39. The van der Waals surface area contributed by atoms with Gasteiger partial charge >= 0.3 is 0 Å². The molecule has 17 heavy (non-hydrogen) atoms. The van der Waals surface area contributed by atoms with Crippen molar-refractivity contribution in [2.24, 2.45) is 5.92 Å². The van der Waals surface area contributed by atoms with Crippen LogP contribution in [0.1, 0.15) is 23.2 Å². The minimum absolute atomic E-state index is 0.0127. The second-order valence-electron chi connectivity index (χ2n) is 4.26. The van der Waals surface area contributed by atoms with E-state index in [0.717, 1.165) is 19.4 Å². The molecule has 0 unspecified atom stereocenters. The van der Waals surface area contributed by atoms with E-state index in [1.54, 1.807) is 6.07 Å². The van der Waals surface area contributed by atoms with Crippen LogP contribution in [0.3, 0.4) is 0 Å². The zero-order valence-electron chi connectivity index (χ0n) is 9.83. The SMILES string of the molecule is COc1ccc(C(=O)[C@H]2CCCNC2)cc1F. The summed E-state index contributed by atoms with van der Waals surface area (Å²) in [5.41, 5.74) is 0.428. The molecule has 1 saturated heterocycles. The first-order valence-electron chi connectivity index (χ1n) is 5.81. The van der Waals surface area contributed by atoms with E-state index in [2.05, 4.69) is 5.32 Å². The molecule has 0 aromatic heterocycles. The standard InChI is InChI=1S/C13H16FNO2/c1-17-12-5-4-9(7-11(12)14)13(16)10-3-2-6-15-8-10/h4-5,7,10,15H,2-3,6,8H2,1H3/t10-/m0/s1. The molecule has 1 atom stereocenters. The Hall–Kier alpha value is -1.42. The lowest BCUT2D eigenvalue weighted by Gasteiger charge is -2.21. The minimum atomic E-state index is -0.484. The lowest BCUT2D eigenvalue weighted by Crippen LogP contribution is -2.34. The number of methoxy groups -OCH3 is 1. The number of benzene rings is 1. The molecule has 0 amide bonds. The minimum Gasteiger partial charge on any atom is -0.494 e. The molecular formula is C13H16FNO2. The zero-order valence-corrected chi connectivity index (χ0v) is 9.83. The van der Waals surface area contributed by atoms with Crippen molar-refractivity contribution in [2.45, 2.75) is 12.8 Å². The van der Waals surface area contributed by atoms with Gasteiger partial charge in [0.1, 0.15) is 0 Å². The smallest absolute Gasteiger partial charge is 0.167 e. The van der Waals surface area contributed by atoms with Gasteiger partial charge in [0.2, 0.25) is 0 Å². The first-order chi connectivity index (χ1) is 8.22. The van der Waals surface area contributed by atoms with Gasteiger partial charge in [-0.2, -0.15) is 0 Å². The number of ketones is 1. The van der Waals surface area contributed by atoms with Crippen molar-refractivity contribution < 1.29 is 13.9 Å². The fourth-order valence-electron chi connectivity index (χ4n) is 2.13. The second-order valence-corrected chi connectivity index (χ2v) is 4.26. The Labute approximate surface area is 100.0 Å². The van der Waals surface area contributed by atoms with Crippen LogP contribution in [-0.4, -0.2) is 26.0 Å². The van der Waals surface area contributed by atoms with Gasteiger partial charge in [0.25, 0.3) is 0 Å². The fourth-order valence-corrected chi connectivity index (χ4v) is 2.13. The normalized spacial score (nSPS) is 20.0. The maximum atomic E-state index is 13.5. The largest absolute Gasteiger partial charge is 0.494 e. The summed E-state index contributed by atoms with van der Waals surface area (Å²) in [6, 6.07) is 4.38. The van der Waals surface area contributed by atoms with Crippen LogP contribution >= 0.6 is 0 Å². The van der Waals surface area contributed by atoms with Crippen LogP contribution in [-0.2, 0) is 0 Å². The quantitative estimate of drug-likeness (QED) is 0.817. The molecule has 0 bridgehead atoms. The number of Topliss-reactive ketones (excluding diaryl/α,β-unsaturated/α-hetero) is 1. The lowest BCUT2D eigenvalue weighted by molar-refractivity contribution is 0.0899. The summed E-state index contributed by atoms with van der Waals surface area (Å²) in [4.78, 5) is 12.1. The Balaban J connectivity index is 2.16. The molecule has 92 valence electrons. The van der Waals surface area contributed by atoms with Gasteiger partial charge < -0.3 is 10.1 Å². The van der Waals surface area contributed by atoms with E-state index in [9.17, 15) is 9.18 Å². The number of ether oxygens (including phenoxy) is 1. The highest BCUT2D eigenvalue weighted by molar-refractivity contribution is 5.98. The highest BCUT2D eigenvalue weighted by atomic mass is 19.1. The van der Waals surface area contributed by atoms with E-state index >= 15 is 0 Å². The third kappa shape index (κ3) is 2.64. The van der Waals surface area contributed by atoms with Crippen LogP contribution in [0.5, 0.6) is 5.75 Å². The Morgan fingerprint density at radius 2 is 2.35 bits per heavy atom. The van der Waals surface area contributed by atoms with Crippen LogP contribution < -0.4 is 10.1 Å². The van der Waals surface area contributed by atoms with Crippen LogP contribution in [0.2, 0.25) is 0 Å². The lowest BCUT2D eigenvalue weighted by atomic mass is 9.91. The first kappa shape index (κ1) is 12.0. The van der Waals surface area contributed by atoms with Gasteiger partial charge in [0, 0.05) is 18.0 Å². The van der Waals surface area contributed by atoms with Crippen molar-refractivity contribution in [2.75, 3.05) is 20.2 Å². The Morgan fingerprint density at radius 1 is 1.53 bits per heavy atom. The fraction of sp³-hybridized carbons (Fsp3) is 0.462. The van der Waals surface area contributed by atoms with E-state index in [0.29, 0.717) is 12.1 Å². The molecule has 1 aliphatic heterocycles. The van der Waals surface area contributed by atoms with Gasteiger partial charge in [-0.05, 0) is 37.6 Å². The van der Waals surface area contributed by atoms with E-state index in [4.69, 9.17) is 4.74 Å². The van der Waals surface area contributed by atoms with Gasteiger partial charge in [-0.15, -0.1) is 0 Å². The van der Waals surface area contributed by atoms with Crippen LogP contribution in [0, 0.1) is 11.7 Å². The predicted octanol–water partition coefficient (Wildman–Crippen LogP) is 2.02. The number of halogens is 1. The highest BCUT2D eigenvalue weighted by Crippen LogP contribution is 2.21. The molecule has 1 fully saturated rings. The van der Waals surface area contributed by atoms with E-state index in [1.165, 1.54) is 19.2 Å². The average molecular weight is 237 g/mol. The van der Waals surface area contributed by atoms with Crippen LogP contribution in [0.25, 0.3) is 0 Å². The summed E-state index contributed by atoms with van der Waals surface area (Å²) < 4.78 is 18.3. The highest BCUT2D eigenvalue weighted by Gasteiger charge is 2.22. The molecule has 0 aliphatic carbocycles. The van der Waals surface area contributed by atoms with Crippen molar-refractivity contribution in [1.82, 2.24) is 5.32 Å². The van der Waals surface area contributed by atoms with Crippen molar-refractivity contribution in [3.63, 3.8) is 0 Å². The number of carbonyl (C=O) groups excluding carboxylic acids is 1. The number of piperidine rings is 1. The molecule has 1 aromatic carbocycles. The summed E-state index contributed by atoms with van der Waals surface area (Å²) in [5.74, 6) is -0.333. The maximum Gasteiger partial charge on any atom is 0.167 e. The zero-order chi connectivity index (χ0) is 12.3. The molecule has 1 aromatic rings. The van der Waals surface area contributed by atoms with Crippen molar-refractivity contribution in [3.05, 3.63) is 29.6 Å². The molecule has 0 spiro atoms. The Bertz CT molecular complexity index is 414. The van der Waals surface area contributed by atoms with E-state index in [-0.39, 0.29) is 17.5 Å².